The Morgan fingerprint density at radius 2 is 0.490 bits per heavy atom. The molecule has 69 nitrogen and oxygen atoms in total. The molecule has 0 aromatic carbocycles. The summed E-state index contributed by atoms with van der Waals surface area (Å²) in [5.74, 6) is -5.74. The molecule has 0 radical (unpaired) electrons. The predicted molar refractivity (Wildman–Crippen MR) is 470 cm³/mol. The SMILES string of the molecule is NCCNC(=O)C1CN(CC2O[C@H]3O[C@H]4C(CN5CC(C(=O)NCN)N=N5)C[C@@H](O[C@H]5C(CN6CC(C(=O)NCCN)N=N6)O[C@@H](O[C@H]6C(CN7CC(C(=O)NCCN)N=N7)O[C@@H](O[C@H]7C(CN8CC(C(=O)NCCN)NN8)O[C@H](O[C@H]8C(CN9CC(C(=O)NCCN)N=N9)O[C@@H](O[C@H]9C(CN%10CC(C(=O)NCN)N=N%10)O[C@H](O[C@@H]2[C@H](O)C3O)C(O)[C@H]9O)C(O)[C@H]8O)C(O)[C@H]7O)C(O)[C@H]6O)C(O)[C@H]5O)C(O)[C@H]4O)N=N1. The van der Waals surface area contributed by atoms with Crippen molar-refractivity contribution < 1.29 is 167 Å². The number of carbonyl (C=O) groups excluding carboxylic acids is 7. The van der Waals surface area contributed by atoms with Gasteiger partial charge in [-0.25, -0.2) is 10.4 Å². The average molecular weight is 2080 g/mol. The number of aliphatic hydroxyl groups excluding tert-OH is 14. The summed E-state index contributed by atoms with van der Waals surface area (Å²) in [5.41, 5.74) is 45.6. The Morgan fingerprint density at radius 1 is 0.262 bits per heavy atom. The number of hydrogen-bond donors (Lipinski definition) is 30. The topological polar surface area (TPSA) is 984 Å². The number of nitrogens with one attached hydrogen (secondary N) is 9. The van der Waals surface area contributed by atoms with E-state index in [0.29, 0.717) is 0 Å². The lowest BCUT2D eigenvalue weighted by molar-refractivity contribution is -0.394. The summed E-state index contributed by atoms with van der Waals surface area (Å²) in [6, 6.07) is -8.33. The molecule has 37 N–H and O–H groups in total. The summed E-state index contributed by atoms with van der Waals surface area (Å²) in [4.78, 5) is 94.1. The molecular weight excluding hydrogens is 1950 g/mol. The second-order valence-electron chi connectivity index (χ2n) is 37.0. The standard InChI is InChI=1S/C76H133N35O34/c77-1-6-84-64(126)29-14-106(99-91-29)20-37-58-45(114)51(120)72(134-37)141-60-39(22-108-16-31(93-101-108)66(128)86-8-3-79)136-74(53(122)47(60)116)143-61-40(23-109-17-32(94-102-109)67(129)87-9-4-80)137-75(55(124)48(61)117)144-62-41(24-110-18-33(95-103-110)68(130)88-10-5-81)138-76(56(125)49(62)118)145-63-42(25-111-19-35(97-104-111)70(132)90-27-83)139-73(54(123)50(63)119)142-59-38(21-107-15-30(92-100-107)65(127)85-7-2-78)135-71(52(121)46(59)115)140-57-28(11-36(133-58)43(112)44(57)113)12-105-13-34(96-98-105)69(131)89-26-82/h28-63,71-76,94,102,112-125H,1-27,77-83H2,(H,84,126)(H,85,127)(H,86,128)(H,87,129)(H,88,130)(H,89,131)(H,90,132)/t28?,29?,30?,31?,32?,33?,34?,35?,36-,37?,38?,39?,40?,41?,42?,43?,44-,45-,46-,47-,48-,49-,50-,51?,52?,53?,54?,55?,56?,57+,58+,59+,60+,61+,62+,63+,71+,72+,73-,74+,75-,76+/m1/s1. The van der Waals surface area contributed by atoms with Crippen LogP contribution in [0.4, 0.5) is 0 Å². The number of nitrogens with two attached hydrogens (primary N) is 7. The van der Waals surface area contributed by atoms with Crippen LogP contribution in [0, 0.1) is 5.92 Å². The van der Waals surface area contributed by atoms with E-state index in [1.807, 2.05) is 0 Å². The van der Waals surface area contributed by atoms with E-state index in [9.17, 15) is 105 Å². The fraction of sp³-hybridized carbons (Fsp3) is 0.908. The number of amides is 7. The molecule has 28 aliphatic rings. The van der Waals surface area contributed by atoms with Crippen LogP contribution in [-0.4, -0.2) is 569 Å². The molecule has 21 saturated heterocycles. The maximum absolute atomic E-state index is 13.5. The highest BCUT2D eigenvalue weighted by Gasteiger charge is 2.62. The van der Waals surface area contributed by atoms with Gasteiger partial charge in [0.05, 0.1) is 97.5 Å². The quantitative estimate of drug-likeness (QED) is 0.0271. The molecule has 0 aromatic rings. The van der Waals surface area contributed by atoms with Gasteiger partial charge in [-0.2, -0.15) is 36.2 Å². The van der Waals surface area contributed by atoms with E-state index in [0.717, 1.165) is 5.01 Å². The Kier molecular flexibility index (Phi) is 38.2. The Labute approximate surface area is 824 Å². The summed E-state index contributed by atoms with van der Waals surface area (Å²) in [6.07, 6.45) is -72.8. The zero-order chi connectivity index (χ0) is 103. The van der Waals surface area contributed by atoms with Crippen molar-refractivity contribution in [2.75, 3.05) is 170 Å². The minimum atomic E-state index is -2.40. The monoisotopic (exact) mass is 2080 g/mol. The Balaban J connectivity index is 0.825. The highest BCUT2D eigenvalue weighted by atomic mass is 16.8. The Bertz CT molecular complexity index is 4490. The summed E-state index contributed by atoms with van der Waals surface area (Å²) < 4.78 is 85.6. The molecule has 1 aliphatic carbocycles. The summed E-state index contributed by atoms with van der Waals surface area (Å²) >= 11 is 0. The van der Waals surface area contributed by atoms with Gasteiger partial charge in [-0.3, -0.25) is 63.6 Å². The van der Waals surface area contributed by atoms with Gasteiger partial charge in [0.1, 0.15) is 165 Å². The largest absolute Gasteiger partial charge is 0.388 e. The number of ether oxygens (including phenoxy) is 13. The van der Waals surface area contributed by atoms with Gasteiger partial charge in [0.2, 0.25) is 41.4 Å². The molecule has 27 heterocycles. The molecule has 1 saturated carbocycles. The fourth-order valence-electron chi connectivity index (χ4n) is 19.1. The smallest absolute Gasteiger partial charge is 0.249 e. The van der Waals surface area contributed by atoms with E-state index < -0.39 is 350 Å². The van der Waals surface area contributed by atoms with Crippen LogP contribution < -0.4 is 88.3 Å². The number of nitrogens with zero attached hydrogens (tertiary/aromatic N) is 19. The van der Waals surface area contributed by atoms with Gasteiger partial charge in [-0.1, -0.05) is 31.3 Å². The van der Waals surface area contributed by atoms with E-state index in [4.69, 9.17) is 102 Å². The summed E-state index contributed by atoms with van der Waals surface area (Å²) in [7, 11) is 0. The molecule has 28 rings (SSSR count). The van der Waals surface area contributed by atoms with Crippen molar-refractivity contribution in [1.82, 2.24) is 83.2 Å². The zero-order valence-corrected chi connectivity index (χ0v) is 78.3. The molecule has 21 unspecified atom stereocenters. The first kappa shape index (κ1) is 110. The average Bonchev–Trinajstić information content (AvgIpc) is 1.75. The zero-order valence-electron chi connectivity index (χ0n) is 78.3. The van der Waals surface area contributed by atoms with Crippen molar-refractivity contribution >= 4 is 41.4 Å². The van der Waals surface area contributed by atoms with Gasteiger partial charge < -0.3 is 210 Å². The molecule has 42 atom stereocenters. The molecule has 145 heavy (non-hydrogen) atoms. The number of hydrogen-bond acceptors (Lipinski definition) is 62. The van der Waals surface area contributed by atoms with E-state index in [-0.39, 0.29) is 125 Å². The van der Waals surface area contributed by atoms with Crippen LogP contribution in [0.5, 0.6) is 0 Å². The van der Waals surface area contributed by atoms with Crippen LogP contribution in [0.2, 0.25) is 0 Å². The van der Waals surface area contributed by atoms with Crippen LogP contribution in [-0.2, 0) is 95.1 Å². The van der Waals surface area contributed by atoms with Crippen LogP contribution >= 0.6 is 0 Å². The number of hydrazine groups is 2. The van der Waals surface area contributed by atoms with Gasteiger partial charge >= 0.3 is 0 Å². The van der Waals surface area contributed by atoms with Crippen LogP contribution in [0.15, 0.2) is 62.0 Å². The number of aliphatic hydroxyl groups is 14. The predicted octanol–water partition coefficient (Wildman–Crippen LogP) is -22.1. The first-order valence-electron chi connectivity index (χ1n) is 47.8. The van der Waals surface area contributed by atoms with Gasteiger partial charge in [0, 0.05) is 91.0 Å². The van der Waals surface area contributed by atoms with E-state index in [2.05, 4.69) is 110 Å². The van der Waals surface area contributed by atoms with Crippen LogP contribution in [0.25, 0.3) is 0 Å². The van der Waals surface area contributed by atoms with Gasteiger partial charge in [-0.05, 0) is 6.42 Å². The van der Waals surface area contributed by atoms with Gasteiger partial charge in [0.15, 0.2) is 74.0 Å². The van der Waals surface area contributed by atoms with Crippen molar-refractivity contribution in [1.29, 1.82) is 0 Å². The third-order valence-electron chi connectivity index (χ3n) is 26.7. The minimum Gasteiger partial charge on any atom is -0.388 e. The summed E-state index contributed by atoms with van der Waals surface area (Å²) in [6.45, 7) is -6.40. The molecule has 7 amide bonds. The van der Waals surface area contributed by atoms with Gasteiger partial charge in [-0.15, -0.1) is 0 Å². The molecule has 816 valence electrons. The molecule has 0 aromatic heterocycles. The molecular formula is C76H133N35O34. The first-order chi connectivity index (χ1) is 69.7. The lowest BCUT2D eigenvalue weighted by atomic mass is 9.79. The number of carbonyl (C=O) groups is 7. The maximum Gasteiger partial charge on any atom is 0.249 e. The lowest BCUT2D eigenvalue weighted by Gasteiger charge is -2.51. The van der Waals surface area contributed by atoms with Crippen LogP contribution in [0.3, 0.4) is 0 Å². The highest BCUT2D eigenvalue weighted by molar-refractivity contribution is 5.85. The maximum atomic E-state index is 13.5. The third kappa shape index (κ3) is 25.9. The molecule has 27 aliphatic heterocycles. The third-order valence-corrected chi connectivity index (χ3v) is 26.7. The molecule has 22 fully saturated rings. The van der Waals surface area contributed by atoms with Gasteiger partial charge in [0.25, 0.3) is 0 Å². The molecule has 14 bridgehead atoms. The minimum absolute atomic E-state index is 0.0138. The normalized spacial score (nSPS) is 41.6. The van der Waals surface area contributed by atoms with E-state index >= 15 is 0 Å². The van der Waals surface area contributed by atoms with Crippen LogP contribution in [0.1, 0.15) is 6.42 Å². The van der Waals surface area contributed by atoms with Crippen molar-refractivity contribution in [3.05, 3.63) is 0 Å². The Morgan fingerprint density at radius 3 is 0.752 bits per heavy atom. The van der Waals surface area contributed by atoms with Crippen molar-refractivity contribution in [3.8, 4) is 0 Å². The molecule has 0 spiro atoms. The Hall–Kier alpha value is -8.79. The second kappa shape index (κ2) is 50.2. The second-order valence-corrected chi connectivity index (χ2v) is 37.0. The highest BCUT2D eigenvalue weighted by Crippen LogP contribution is 2.43. The summed E-state index contributed by atoms with van der Waals surface area (Å²) in [5, 5.41) is 255. The van der Waals surface area contributed by atoms with Crippen molar-refractivity contribution in [3.63, 3.8) is 0 Å². The molecule has 69 heteroatoms. The lowest BCUT2D eigenvalue weighted by Crippen LogP contribution is -2.69. The number of rotatable bonds is 33. The van der Waals surface area contributed by atoms with Crippen molar-refractivity contribution in [2.45, 2.75) is 257 Å². The van der Waals surface area contributed by atoms with E-state index in [1.165, 1.54) is 30.1 Å². The first-order valence-corrected chi connectivity index (χ1v) is 47.8. The van der Waals surface area contributed by atoms with E-state index in [1.54, 1.807) is 0 Å². The fourth-order valence-corrected chi connectivity index (χ4v) is 19.1. The van der Waals surface area contributed by atoms with Crippen molar-refractivity contribution in [2.24, 2.45) is 108 Å².